The summed E-state index contributed by atoms with van der Waals surface area (Å²) >= 11 is 0. The number of halogens is 3. The van der Waals surface area contributed by atoms with Crippen LogP contribution in [0.5, 0.6) is 0 Å². The second-order valence-electron chi connectivity index (χ2n) is 10.9. The van der Waals surface area contributed by atoms with Crippen LogP contribution in [0.3, 0.4) is 0 Å². The van der Waals surface area contributed by atoms with Crippen molar-refractivity contribution < 1.29 is 32.7 Å². The Morgan fingerprint density at radius 1 is 0.923 bits per heavy atom. The summed E-state index contributed by atoms with van der Waals surface area (Å²) in [5.41, 5.74) is 1.97. The molecular weight excluding hydrogens is 515 g/mol. The van der Waals surface area contributed by atoms with E-state index in [1.165, 1.54) is 5.56 Å². The van der Waals surface area contributed by atoms with Gasteiger partial charge in [-0.15, -0.1) is 0 Å². The van der Waals surface area contributed by atoms with Crippen LogP contribution in [0.25, 0.3) is 0 Å². The lowest BCUT2D eigenvalue weighted by atomic mass is 9.86. The molecule has 0 aliphatic carbocycles. The summed E-state index contributed by atoms with van der Waals surface area (Å²) in [6, 6.07) is 7.98. The van der Waals surface area contributed by atoms with Crippen molar-refractivity contribution in [2.45, 2.75) is 38.8 Å². The van der Waals surface area contributed by atoms with E-state index in [1.807, 2.05) is 21.9 Å². The third kappa shape index (κ3) is 11.1. The number of benzene rings is 1. The van der Waals surface area contributed by atoms with Crippen molar-refractivity contribution in [3.05, 3.63) is 35.4 Å². The molecule has 2 N–H and O–H groups in total. The van der Waals surface area contributed by atoms with Crippen LogP contribution >= 0.6 is 0 Å². The molecule has 0 unspecified atom stereocenters. The molecule has 0 radical (unpaired) electrons. The van der Waals surface area contributed by atoms with Crippen LogP contribution in [0.2, 0.25) is 0 Å². The average Bonchev–Trinajstić information content (AvgIpc) is 2.89. The smallest absolute Gasteiger partial charge is 0.475 e. The number of aliphatic carboxylic acids is 1. The van der Waals surface area contributed by atoms with Gasteiger partial charge in [-0.25, -0.2) is 4.79 Å². The average molecular weight is 558 g/mol. The van der Waals surface area contributed by atoms with Gasteiger partial charge in [-0.3, -0.25) is 14.5 Å². The van der Waals surface area contributed by atoms with Crippen molar-refractivity contribution >= 4 is 17.8 Å². The molecule has 39 heavy (non-hydrogen) atoms. The van der Waals surface area contributed by atoms with Gasteiger partial charge in [-0.2, -0.15) is 13.2 Å². The Balaban J connectivity index is 0.000000673. The van der Waals surface area contributed by atoms with Crippen molar-refractivity contribution in [2.75, 3.05) is 79.0 Å². The predicted molar refractivity (Wildman–Crippen MR) is 143 cm³/mol. The van der Waals surface area contributed by atoms with Crippen molar-refractivity contribution in [3.8, 4) is 0 Å². The first-order valence-corrected chi connectivity index (χ1v) is 13.3. The van der Waals surface area contributed by atoms with Gasteiger partial charge in [0.2, 0.25) is 5.91 Å². The number of piperazine rings is 2. The first-order chi connectivity index (χ1) is 18.2. The zero-order valence-corrected chi connectivity index (χ0v) is 23.4. The minimum absolute atomic E-state index is 0.0210. The number of rotatable bonds is 7. The van der Waals surface area contributed by atoms with E-state index >= 15 is 0 Å². The lowest BCUT2D eigenvalue weighted by molar-refractivity contribution is -0.192. The first kappa shape index (κ1) is 32.5. The number of carbonyl (C=O) groups excluding carboxylic acids is 2. The van der Waals surface area contributed by atoms with Gasteiger partial charge < -0.3 is 25.1 Å². The molecule has 0 atom stereocenters. The monoisotopic (exact) mass is 557 g/mol. The third-order valence-corrected chi connectivity index (χ3v) is 6.87. The Labute approximate surface area is 228 Å². The predicted octanol–water partition coefficient (Wildman–Crippen LogP) is 2.13. The summed E-state index contributed by atoms with van der Waals surface area (Å²) < 4.78 is 31.7. The number of nitrogens with one attached hydrogen (secondary N) is 1. The van der Waals surface area contributed by atoms with Gasteiger partial charge in [-0.05, 0) is 30.2 Å². The van der Waals surface area contributed by atoms with E-state index in [2.05, 4.69) is 55.1 Å². The number of alkyl halides is 3. The number of likely N-dealkylation sites (N-methyl/N-ethyl adjacent to an activating group) is 1. The number of amides is 2. The highest BCUT2D eigenvalue weighted by Gasteiger charge is 2.38. The zero-order valence-electron chi connectivity index (χ0n) is 23.4. The van der Waals surface area contributed by atoms with Gasteiger partial charge in [0.05, 0.1) is 0 Å². The van der Waals surface area contributed by atoms with Crippen LogP contribution in [0.1, 0.15) is 43.1 Å². The van der Waals surface area contributed by atoms with Crippen LogP contribution in [0.4, 0.5) is 13.2 Å². The summed E-state index contributed by atoms with van der Waals surface area (Å²) in [6.07, 6.45) is -4.70. The van der Waals surface area contributed by atoms with Crippen LogP contribution in [0, 0.1) is 0 Å². The number of hydrogen-bond donors (Lipinski definition) is 2. The van der Waals surface area contributed by atoms with E-state index in [9.17, 15) is 22.8 Å². The molecule has 1 aromatic carbocycles. The number of hydrogen-bond acceptors (Lipinski definition) is 6. The molecule has 0 bridgehead atoms. The van der Waals surface area contributed by atoms with Crippen molar-refractivity contribution in [1.29, 1.82) is 0 Å². The van der Waals surface area contributed by atoms with Crippen molar-refractivity contribution in [1.82, 2.24) is 24.9 Å². The fourth-order valence-electron chi connectivity index (χ4n) is 4.25. The van der Waals surface area contributed by atoms with Gasteiger partial charge in [-0.1, -0.05) is 32.9 Å². The maximum absolute atomic E-state index is 13.4. The normalized spacial score (nSPS) is 17.3. The Kier molecular flexibility index (Phi) is 12.2. The van der Waals surface area contributed by atoms with E-state index in [-0.39, 0.29) is 17.2 Å². The standard InChI is InChI=1S/C25H41N5O2.C2HF3O2/c1-25(2,3)22-7-5-21(6-8-22)24(32)30(20-19-28-17-15-27(4)16-18-28)12-9-23(31)29-13-10-26-11-14-29;3-2(4,5)1(6)7/h5-8,26H,9-20H2,1-4H3;(H,6,7). The quantitative estimate of drug-likeness (QED) is 0.530. The molecule has 2 heterocycles. The minimum atomic E-state index is -5.08. The summed E-state index contributed by atoms with van der Waals surface area (Å²) in [4.78, 5) is 43.5. The van der Waals surface area contributed by atoms with Gasteiger partial charge in [0.1, 0.15) is 0 Å². The molecule has 2 amide bonds. The SMILES string of the molecule is CN1CCN(CCN(CCC(=O)N2CCNCC2)C(=O)c2ccc(C(C)(C)C)cc2)CC1.O=C(O)C(F)(F)F. The highest BCUT2D eigenvalue weighted by Crippen LogP contribution is 2.22. The molecule has 2 aliphatic rings. The molecule has 3 rings (SSSR count). The Bertz CT molecular complexity index is 936. The van der Waals surface area contributed by atoms with Gasteiger partial charge >= 0.3 is 12.1 Å². The molecule has 2 fully saturated rings. The third-order valence-electron chi connectivity index (χ3n) is 6.87. The molecular formula is C27H42F3N5O4. The largest absolute Gasteiger partial charge is 0.490 e. The highest BCUT2D eigenvalue weighted by atomic mass is 19.4. The molecule has 1 aromatic rings. The maximum Gasteiger partial charge on any atom is 0.490 e. The Morgan fingerprint density at radius 3 is 1.95 bits per heavy atom. The molecule has 2 saturated heterocycles. The van der Waals surface area contributed by atoms with E-state index < -0.39 is 12.1 Å². The summed E-state index contributed by atoms with van der Waals surface area (Å²) in [6.45, 7) is 15.9. The van der Waals surface area contributed by atoms with E-state index in [0.717, 1.165) is 58.9 Å². The van der Waals surface area contributed by atoms with Crippen LogP contribution < -0.4 is 5.32 Å². The molecule has 12 heteroatoms. The maximum atomic E-state index is 13.4. The Morgan fingerprint density at radius 2 is 1.46 bits per heavy atom. The number of nitrogens with zero attached hydrogens (tertiary/aromatic N) is 4. The number of carboxylic acid groups (broad SMARTS) is 1. The second-order valence-corrected chi connectivity index (χ2v) is 10.9. The zero-order chi connectivity index (χ0) is 29.2. The van der Waals surface area contributed by atoms with E-state index in [1.54, 1.807) is 0 Å². The number of carboxylic acids is 1. The lowest BCUT2D eigenvalue weighted by Crippen LogP contribution is -2.49. The lowest BCUT2D eigenvalue weighted by Gasteiger charge is -2.34. The van der Waals surface area contributed by atoms with E-state index in [4.69, 9.17) is 9.90 Å². The summed E-state index contributed by atoms with van der Waals surface area (Å²) in [7, 11) is 2.15. The van der Waals surface area contributed by atoms with Crippen molar-refractivity contribution in [3.63, 3.8) is 0 Å². The van der Waals surface area contributed by atoms with Crippen LogP contribution in [-0.4, -0.2) is 128 Å². The first-order valence-electron chi connectivity index (χ1n) is 13.3. The van der Waals surface area contributed by atoms with E-state index in [0.29, 0.717) is 25.1 Å². The van der Waals surface area contributed by atoms with Gasteiger partial charge in [0, 0.05) is 84.0 Å². The van der Waals surface area contributed by atoms with Gasteiger partial charge in [0.15, 0.2) is 0 Å². The minimum Gasteiger partial charge on any atom is -0.475 e. The fourth-order valence-corrected chi connectivity index (χ4v) is 4.25. The summed E-state index contributed by atoms with van der Waals surface area (Å²) in [5, 5.41) is 10.4. The molecule has 0 spiro atoms. The second kappa shape index (κ2) is 14.6. The molecule has 9 nitrogen and oxygen atoms in total. The Hall–Kier alpha value is -2.70. The van der Waals surface area contributed by atoms with Crippen LogP contribution in [-0.2, 0) is 15.0 Å². The molecule has 220 valence electrons. The summed E-state index contributed by atoms with van der Waals surface area (Å²) in [5.74, 6) is -2.59. The van der Waals surface area contributed by atoms with Gasteiger partial charge in [0.25, 0.3) is 5.91 Å². The fraction of sp³-hybridized carbons (Fsp3) is 0.667. The number of carbonyl (C=O) groups is 3. The molecule has 0 saturated carbocycles. The van der Waals surface area contributed by atoms with Crippen molar-refractivity contribution in [2.24, 2.45) is 0 Å². The topological polar surface area (TPSA) is 96.4 Å². The molecule has 2 aliphatic heterocycles. The highest BCUT2D eigenvalue weighted by molar-refractivity contribution is 5.94. The van der Waals surface area contributed by atoms with Crippen LogP contribution in [0.15, 0.2) is 24.3 Å². The molecule has 0 aromatic heterocycles.